The van der Waals surface area contributed by atoms with Crippen molar-refractivity contribution in [1.29, 1.82) is 0 Å². The molecule has 0 spiro atoms. The molecular weight excluding hydrogens is 632 g/mol. The predicted octanol–water partition coefficient (Wildman–Crippen LogP) is 6.42. The number of nitrogens with zero attached hydrogens (tertiary/aromatic N) is 3. The van der Waals surface area contributed by atoms with E-state index in [2.05, 4.69) is 82.7 Å². The van der Waals surface area contributed by atoms with E-state index >= 15 is 0 Å². The first-order valence-corrected chi connectivity index (χ1v) is 14.1. The number of hydrogen-bond acceptors (Lipinski definition) is 5. The van der Waals surface area contributed by atoms with Crippen LogP contribution >= 0.6 is 60.0 Å². The molecule has 33 heavy (non-hydrogen) atoms. The fraction of sp³-hybridized carbons (Fsp3) is 0.522. The minimum atomic E-state index is 0.359. The fourth-order valence-electron chi connectivity index (χ4n) is 4.57. The summed E-state index contributed by atoms with van der Waals surface area (Å²) in [6, 6.07) is 4.74. The highest BCUT2D eigenvalue weighted by atomic mass is 79.9. The van der Waals surface area contributed by atoms with E-state index in [1.54, 1.807) is 0 Å². The van der Waals surface area contributed by atoms with Gasteiger partial charge >= 0.3 is 0 Å². The number of benzene rings is 1. The highest BCUT2D eigenvalue weighted by Crippen LogP contribution is 2.34. The Hall–Kier alpha value is -0.970. The summed E-state index contributed by atoms with van der Waals surface area (Å²) in [7, 11) is 4.14. The molecule has 1 fully saturated rings. The van der Waals surface area contributed by atoms with E-state index in [9.17, 15) is 0 Å². The van der Waals surface area contributed by atoms with E-state index in [-0.39, 0.29) is 0 Å². The maximum Gasteiger partial charge on any atom is 0.225 e. The standard InChI is InChI=1S/C23H29Br3N6S/c1-32(2)21-16-5-3-4-6-19(16)29-22(31-21)27-14-7-9-15(10-8-14)28-23(33)30-20-17(25)11-13(24)12-18(20)26/h11-12,14-15H,3-10H2,1-2H3,(H,27,29,31)(H2,28,30,33)/t14-,15+. The van der Waals surface area contributed by atoms with Gasteiger partial charge in [-0.05, 0) is 108 Å². The number of aromatic nitrogens is 2. The SMILES string of the molecule is CN(C)c1nc(N[C@H]2CC[C@@H](NC(=S)Nc3c(Br)cc(Br)cc3Br)CC2)nc2c1CCCC2. The number of fused-ring (bicyclic) bond motifs is 1. The summed E-state index contributed by atoms with van der Waals surface area (Å²) in [6.45, 7) is 0. The first-order chi connectivity index (χ1) is 15.8. The molecule has 4 rings (SSSR count). The molecule has 0 saturated heterocycles. The summed E-state index contributed by atoms with van der Waals surface area (Å²) in [5.74, 6) is 1.84. The average Bonchev–Trinajstić information content (AvgIpc) is 2.77. The lowest BCUT2D eigenvalue weighted by Gasteiger charge is -2.31. The molecule has 0 bridgehead atoms. The third-order valence-corrected chi connectivity index (χ3v) is 8.15. The lowest BCUT2D eigenvalue weighted by molar-refractivity contribution is 0.387. The Labute approximate surface area is 226 Å². The first-order valence-electron chi connectivity index (χ1n) is 11.4. The van der Waals surface area contributed by atoms with Gasteiger partial charge in [-0.25, -0.2) is 4.98 Å². The maximum atomic E-state index is 5.58. The van der Waals surface area contributed by atoms with Crippen LogP contribution in [0.15, 0.2) is 25.6 Å². The summed E-state index contributed by atoms with van der Waals surface area (Å²) >= 11 is 16.3. The number of aryl methyl sites for hydroxylation is 1. The van der Waals surface area contributed by atoms with E-state index < -0.39 is 0 Å². The zero-order chi connectivity index (χ0) is 23.5. The molecule has 3 N–H and O–H groups in total. The number of thiocarbonyl (C=S) groups is 1. The molecule has 1 saturated carbocycles. The van der Waals surface area contributed by atoms with Crippen LogP contribution in [0.1, 0.15) is 49.8 Å². The minimum absolute atomic E-state index is 0.359. The van der Waals surface area contributed by atoms with Crippen molar-refractivity contribution in [2.75, 3.05) is 29.6 Å². The molecule has 2 aliphatic carbocycles. The zero-order valence-corrected chi connectivity index (χ0v) is 24.4. The Morgan fingerprint density at radius 2 is 1.61 bits per heavy atom. The number of nitrogens with one attached hydrogen (secondary N) is 3. The van der Waals surface area contributed by atoms with Crippen LogP contribution in [-0.4, -0.2) is 41.3 Å². The van der Waals surface area contributed by atoms with E-state index in [4.69, 9.17) is 22.2 Å². The Morgan fingerprint density at radius 1 is 0.970 bits per heavy atom. The van der Waals surface area contributed by atoms with Gasteiger partial charge < -0.3 is 20.9 Å². The Morgan fingerprint density at radius 3 is 2.27 bits per heavy atom. The number of hydrogen-bond donors (Lipinski definition) is 3. The quantitative estimate of drug-likeness (QED) is 0.320. The third kappa shape index (κ3) is 6.38. The lowest BCUT2D eigenvalue weighted by atomic mass is 9.91. The van der Waals surface area contributed by atoms with Crippen LogP contribution < -0.4 is 20.9 Å². The number of anilines is 3. The summed E-state index contributed by atoms with van der Waals surface area (Å²) < 4.78 is 2.89. The number of rotatable bonds is 5. The molecule has 0 amide bonds. The molecule has 0 aliphatic heterocycles. The highest BCUT2D eigenvalue weighted by molar-refractivity contribution is 9.11. The second-order valence-electron chi connectivity index (χ2n) is 8.93. The van der Waals surface area contributed by atoms with Crippen LogP contribution in [0, 0.1) is 0 Å². The summed E-state index contributed by atoms with van der Waals surface area (Å²) in [4.78, 5) is 11.9. The van der Waals surface area contributed by atoms with Crippen molar-refractivity contribution in [3.8, 4) is 0 Å². The fourth-order valence-corrected chi connectivity index (χ4v) is 7.30. The van der Waals surface area contributed by atoms with E-state index in [1.165, 1.54) is 24.1 Å². The summed E-state index contributed by atoms with van der Waals surface area (Å²) in [5.41, 5.74) is 3.47. The van der Waals surface area contributed by atoms with Crippen molar-refractivity contribution in [2.45, 2.75) is 63.5 Å². The van der Waals surface area contributed by atoms with Gasteiger partial charge in [0.25, 0.3) is 0 Å². The van der Waals surface area contributed by atoms with Gasteiger partial charge in [0.2, 0.25) is 5.95 Å². The van der Waals surface area contributed by atoms with Gasteiger partial charge in [0.1, 0.15) is 5.82 Å². The Balaban J connectivity index is 1.31. The first kappa shape index (κ1) is 25.1. The van der Waals surface area contributed by atoms with Gasteiger partial charge in [-0.2, -0.15) is 4.98 Å². The van der Waals surface area contributed by atoms with Crippen molar-refractivity contribution in [1.82, 2.24) is 15.3 Å². The van der Waals surface area contributed by atoms with E-state index in [0.29, 0.717) is 17.2 Å². The zero-order valence-electron chi connectivity index (χ0n) is 18.9. The van der Waals surface area contributed by atoms with Crippen molar-refractivity contribution >= 4 is 82.6 Å². The molecule has 0 radical (unpaired) electrons. The molecule has 2 aliphatic rings. The van der Waals surface area contributed by atoms with Crippen molar-refractivity contribution in [2.24, 2.45) is 0 Å². The van der Waals surface area contributed by atoms with Crippen LogP contribution in [0.25, 0.3) is 0 Å². The van der Waals surface area contributed by atoms with E-state index in [0.717, 1.165) is 69.4 Å². The monoisotopic (exact) mass is 658 g/mol. The van der Waals surface area contributed by atoms with Crippen molar-refractivity contribution < 1.29 is 0 Å². The molecule has 0 atom stereocenters. The predicted molar refractivity (Wildman–Crippen MR) is 152 cm³/mol. The summed E-state index contributed by atoms with van der Waals surface area (Å²) in [6.07, 6.45) is 8.80. The topological polar surface area (TPSA) is 65.1 Å². The van der Waals surface area contributed by atoms with Gasteiger partial charge in [0.15, 0.2) is 5.11 Å². The Bertz CT molecular complexity index is 1000. The largest absolute Gasteiger partial charge is 0.362 e. The van der Waals surface area contributed by atoms with E-state index in [1.807, 2.05) is 12.1 Å². The molecule has 178 valence electrons. The maximum absolute atomic E-state index is 5.58. The summed E-state index contributed by atoms with van der Waals surface area (Å²) in [5, 5.41) is 11.1. The molecular formula is C23H29Br3N6S. The second-order valence-corrected chi connectivity index (χ2v) is 12.0. The van der Waals surface area contributed by atoms with Crippen LogP contribution in [0.4, 0.5) is 17.5 Å². The molecule has 1 aromatic carbocycles. The molecule has 1 heterocycles. The smallest absolute Gasteiger partial charge is 0.225 e. The van der Waals surface area contributed by atoms with Crippen LogP contribution in [0.2, 0.25) is 0 Å². The van der Waals surface area contributed by atoms with Gasteiger partial charge in [-0.15, -0.1) is 0 Å². The second kappa shape index (κ2) is 11.2. The molecule has 6 nitrogen and oxygen atoms in total. The van der Waals surface area contributed by atoms with Gasteiger partial charge in [0.05, 0.1) is 11.4 Å². The van der Waals surface area contributed by atoms with Gasteiger partial charge in [-0.1, -0.05) is 15.9 Å². The average molecular weight is 661 g/mol. The minimum Gasteiger partial charge on any atom is -0.362 e. The van der Waals surface area contributed by atoms with Gasteiger partial charge in [0, 0.05) is 45.2 Å². The van der Waals surface area contributed by atoms with Crippen molar-refractivity contribution in [3.63, 3.8) is 0 Å². The van der Waals surface area contributed by atoms with Crippen molar-refractivity contribution in [3.05, 3.63) is 36.8 Å². The molecule has 1 aromatic heterocycles. The lowest BCUT2D eigenvalue weighted by Crippen LogP contribution is -2.42. The van der Waals surface area contributed by atoms with Crippen LogP contribution in [0.5, 0.6) is 0 Å². The normalized spacial score (nSPS) is 20.0. The number of halogens is 3. The molecule has 0 unspecified atom stereocenters. The molecule has 2 aromatic rings. The van der Waals surface area contributed by atoms with Crippen LogP contribution in [-0.2, 0) is 12.8 Å². The van der Waals surface area contributed by atoms with Crippen LogP contribution in [0.3, 0.4) is 0 Å². The Kier molecular flexibility index (Phi) is 8.51. The highest BCUT2D eigenvalue weighted by Gasteiger charge is 2.24. The third-order valence-electron chi connectivity index (χ3n) is 6.23. The van der Waals surface area contributed by atoms with Gasteiger partial charge in [-0.3, -0.25) is 0 Å². The molecule has 10 heteroatoms.